The zero-order valence-electron chi connectivity index (χ0n) is 17.2. The van der Waals surface area contributed by atoms with E-state index in [1.54, 1.807) is 17.7 Å². The molecule has 1 N–H and O–H groups in total. The molecule has 0 amide bonds. The van der Waals surface area contributed by atoms with Crippen molar-refractivity contribution in [2.45, 2.75) is 50.3 Å². The van der Waals surface area contributed by atoms with E-state index in [4.69, 9.17) is 9.72 Å². The van der Waals surface area contributed by atoms with Gasteiger partial charge in [0, 0.05) is 42.1 Å². The van der Waals surface area contributed by atoms with Crippen LogP contribution >= 0.6 is 11.3 Å². The Kier molecular flexibility index (Phi) is 4.94. The summed E-state index contributed by atoms with van der Waals surface area (Å²) in [5.41, 5.74) is 2.50. The maximum Gasteiger partial charge on any atom is 0.141 e. The van der Waals surface area contributed by atoms with Crippen molar-refractivity contribution in [3.63, 3.8) is 0 Å². The first kappa shape index (κ1) is 18.7. The quantitative estimate of drug-likeness (QED) is 0.637. The van der Waals surface area contributed by atoms with Crippen LogP contribution in [-0.2, 0) is 4.74 Å². The standard InChI is InChI=1S/C24H28N4OS/c1-2-5-16(6-3-1)20-14-30-24-22(20)23(26-15-27-24)28-13-17-11-19(28)12-21(17)29-10-8-18-7-4-9-25-18/h1-3,5-6,14-15,17-19,21,25H,4,7-13H2. The molecule has 2 saturated heterocycles. The third-order valence-corrected chi connectivity index (χ3v) is 8.03. The Hall–Kier alpha value is -2.02. The molecule has 3 fully saturated rings. The van der Waals surface area contributed by atoms with E-state index in [-0.39, 0.29) is 0 Å². The molecule has 4 unspecified atom stereocenters. The Morgan fingerprint density at radius 2 is 2.10 bits per heavy atom. The Morgan fingerprint density at radius 3 is 2.90 bits per heavy atom. The van der Waals surface area contributed by atoms with Crippen molar-refractivity contribution >= 4 is 27.4 Å². The second-order valence-corrected chi connectivity index (χ2v) is 9.78. The van der Waals surface area contributed by atoms with Gasteiger partial charge >= 0.3 is 0 Å². The molecule has 156 valence electrons. The first-order chi connectivity index (χ1) is 14.9. The minimum Gasteiger partial charge on any atom is -0.378 e. The van der Waals surface area contributed by atoms with Crippen LogP contribution in [0.2, 0.25) is 0 Å². The number of nitrogens with one attached hydrogen (secondary N) is 1. The fourth-order valence-electron chi connectivity index (χ4n) is 5.64. The van der Waals surface area contributed by atoms with Crippen molar-refractivity contribution in [1.29, 1.82) is 0 Å². The maximum atomic E-state index is 6.35. The molecule has 5 nitrogen and oxygen atoms in total. The summed E-state index contributed by atoms with van der Waals surface area (Å²) in [5, 5.41) is 7.02. The van der Waals surface area contributed by atoms with Gasteiger partial charge in [0.25, 0.3) is 0 Å². The highest BCUT2D eigenvalue weighted by molar-refractivity contribution is 7.17. The molecule has 2 bridgehead atoms. The van der Waals surface area contributed by atoms with Gasteiger partial charge in [-0.2, -0.15) is 0 Å². The number of rotatable bonds is 6. The second kappa shape index (κ2) is 7.91. The van der Waals surface area contributed by atoms with Crippen LogP contribution in [0.4, 0.5) is 5.82 Å². The van der Waals surface area contributed by atoms with Gasteiger partial charge in [-0.15, -0.1) is 11.3 Å². The predicted octanol–water partition coefficient (Wildman–Crippen LogP) is 4.48. The van der Waals surface area contributed by atoms with Gasteiger partial charge in [0.1, 0.15) is 17.0 Å². The highest BCUT2D eigenvalue weighted by Crippen LogP contribution is 2.45. The number of hydrogen-bond donors (Lipinski definition) is 1. The molecule has 0 radical (unpaired) electrons. The van der Waals surface area contributed by atoms with Crippen LogP contribution in [0.15, 0.2) is 42.0 Å². The van der Waals surface area contributed by atoms with Gasteiger partial charge in [0.15, 0.2) is 0 Å². The Balaban J connectivity index is 1.20. The van der Waals surface area contributed by atoms with Gasteiger partial charge in [-0.05, 0) is 44.2 Å². The maximum absolute atomic E-state index is 6.35. The average Bonchev–Trinajstić information content (AvgIpc) is 3.57. The number of anilines is 1. The molecule has 6 rings (SSSR count). The number of nitrogens with zero attached hydrogens (tertiary/aromatic N) is 3. The lowest BCUT2D eigenvalue weighted by Gasteiger charge is -2.33. The number of piperidine rings is 1. The molecule has 0 spiro atoms. The van der Waals surface area contributed by atoms with Gasteiger partial charge < -0.3 is 15.0 Å². The third-order valence-electron chi connectivity index (χ3n) is 7.14. The summed E-state index contributed by atoms with van der Waals surface area (Å²) < 4.78 is 6.35. The summed E-state index contributed by atoms with van der Waals surface area (Å²) in [6, 6.07) is 11.8. The van der Waals surface area contributed by atoms with E-state index in [1.165, 1.54) is 42.3 Å². The number of hydrogen-bond acceptors (Lipinski definition) is 6. The predicted molar refractivity (Wildman–Crippen MR) is 122 cm³/mol. The van der Waals surface area contributed by atoms with Crippen LogP contribution in [-0.4, -0.2) is 47.9 Å². The molecule has 4 heterocycles. The Morgan fingerprint density at radius 1 is 1.17 bits per heavy atom. The SMILES string of the molecule is c1ccc(-c2csc3ncnc(N4CC5CC4CC5OCCC4CCCN4)c23)cc1. The van der Waals surface area contributed by atoms with E-state index in [2.05, 4.69) is 50.9 Å². The van der Waals surface area contributed by atoms with Crippen molar-refractivity contribution in [1.82, 2.24) is 15.3 Å². The second-order valence-electron chi connectivity index (χ2n) is 8.92. The molecule has 4 atom stereocenters. The van der Waals surface area contributed by atoms with Gasteiger partial charge in [0.05, 0.1) is 11.5 Å². The number of ether oxygens (including phenoxy) is 1. The molecule has 1 aromatic carbocycles. The summed E-state index contributed by atoms with van der Waals surface area (Å²) in [6.45, 7) is 3.12. The van der Waals surface area contributed by atoms with Crippen molar-refractivity contribution in [2.75, 3.05) is 24.6 Å². The summed E-state index contributed by atoms with van der Waals surface area (Å²) in [5.74, 6) is 1.73. The first-order valence-corrected chi connectivity index (χ1v) is 12.1. The Labute approximate surface area is 181 Å². The molecule has 30 heavy (non-hydrogen) atoms. The van der Waals surface area contributed by atoms with E-state index >= 15 is 0 Å². The van der Waals surface area contributed by atoms with Gasteiger partial charge in [0.2, 0.25) is 0 Å². The van der Waals surface area contributed by atoms with Crippen LogP contribution in [0.25, 0.3) is 21.3 Å². The van der Waals surface area contributed by atoms with Crippen molar-refractivity contribution in [3.05, 3.63) is 42.0 Å². The molecular formula is C24H28N4OS. The van der Waals surface area contributed by atoms with Crippen LogP contribution in [0.1, 0.15) is 32.1 Å². The number of aromatic nitrogens is 2. The normalized spacial score (nSPS) is 28.1. The van der Waals surface area contributed by atoms with Crippen LogP contribution < -0.4 is 10.2 Å². The van der Waals surface area contributed by atoms with E-state index in [9.17, 15) is 0 Å². The molecular weight excluding hydrogens is 392 g/mol. The molecule has 3 aliphatic rings. The third kappa shape index (κ3) is 3.31. The summed E-state index contributed by atoms with van der Waals surface area (Å²) in [7, 11) is 0. The molecule has 3 aromatic rings. The fraction of sp³-hybridized carbons (Fsp3) is 0.500. The number of benzene rings is 1. The van der Waals surface area contributed by atoms with Crippen molar-refractivity contribution in [2.24, 2.45) is 5.92 Å². The smallest absolute Gasteiger partial charge is 0.141 e. The zero-order valence-corrected chi connectivity index (χ0v) is 18.0. The lowest BCUT2D eigenvalue weighted by atomic mass is 10.0. The first-order valence-electron chi connectivity index (χ1n) is 11.3. The molecule has 2 aliphatic heterocycles. The van der Waals surface area contributed by atoms with E-state index < -0.39 is 0 Å². The summed E-state index contributed by atoms with van der Waals surface area (Å²) >= 11 is 1.72. The van der Waals surface area contributed by atoms with Crippen LogP contribution in [0.5, 0.6) is 0 Å². The van der Waals surface area contributed by atoms with Gasteiger partial charge in [-0.25, -0.2) is 9.97 Å². The summed E-state index contributed by atoms with van der Waals surface area (Å²) in [4.78, 5) is 13.0. The van der Waals surface area contributed by atoms with E-state index in [1.807, 2.05) is 0 Å². The van der Waals surface area contributed by atoms with Gasteiger partial charge in [-0.1, -0.05) is 30.3 Å². The van der Waals surface area contributed by atoms with Crippen LogP contribution in [0, 0.1) is 5.92 Å². The minimum atomic E-state index is 0.418. The minimum absolute atomic E-state index is 0.418. The zero-order chi connectivity index (χ0) is 19.9. The molecule has 1 saturated carbocycles. The molecule has 6 heteroatoms. The van der Waals surface area contributed by atoms with E-state index in [0.717, 1.165) is 36.6 Å². The van der Waals surface area contributed by atoms with Crippen LogP contribution in [0.3, 0.4) is 0 Å². The van der Waals surface area contributed by atoms with Crippen molar-refractivity contribution < 1.29 is 4.74 Å². The molecule has 1 aliphatic carbocycles. The van der Waals surface area contributed by atoms with Gasteiger partial charge in [-0.3, -0.25) is 0 Å². The fourth-order valence-corrected chi connectivity index (χ4v) is 6.55. The lowest BCUT2D eigenvalue weighted by molar-refractivity contribution is 0.0201. The molecule has 2 aromatic heterocycles. The lowest BCUT2D eigenvalue weighted by Crippen LogP contribution is -2.39. The Bertz CT molecular complexity index is 1020. The highest BCUT2D eigenvalue weighted by Gasteiger charge is 2.46. The van der Waals surface area contributed by atoms with Crippen molar-refractivity contribution in [3.8, 4) is 11.1 Å². The average molecular weight is 421 g/mol. The monoisotopic (exact) mass is 420 g/mol. The summed E-state index contributed by atoms with van der Waals surface area (Å²) in [6.07, 6.45) is 8.27. The number of thiophene rings is 1. The van der Waals surface area contributed by atoms with E-state index in [0.29, 0.717) is 24.1 Å². The highest BCUT2D eigenvalue weighted by atomic mass is 32.1. The largest absolute Gasteiger partial charge is 0.378 e. The number of fused-ring (bicyclic) bond motifs is 3. The topological polar surface area (TPSA) is 50.3 Å².